The highest BCUT2D eigenvalue weighted by Crippen LogP contribution is 2.36. The highest BCUT2D eigenvalue weighted by Gasteiger charge is 2.19. The molecule has 0 fully saturated rings. The Bertz CT molecular complexity index is 1180. The van der Waals surface area contributed by atoms with E-state index in [4.69, 9.17) is 16.6 Å². The van der Waals surface area contributed by atoms with Gasteiger partial charge < -0.3 is 9.47 Å². The van der Waals surface area contributed by atoms with Crippen LogP contribution in [0.15, 0.2) is 42.6 Å². The zero-order valence-electron chi connectivity index (χ0n) is 18.1. The maximum atomic E-state index is 6.25. The fourth-order valence-corrected chi connectivity index (χ4v) is 4.39. The summed E-state index contributed by atoms with van der Waals surface area (Å²) in [6.45, 7) is 15.4. The van der Waals surface area contributed by atoms with Crippen molar-refractivity contribution in [2.24, 2.45) is 0 Å². The zero-order valence-corrected chi connectivity index (χ0v) is 18.8. The van der Waals surface area contributed by atoms with Crippen molar-refractivity contribution in [2.75, 3.05) is 19.6 Å². The van der Waals surface area contributed by atoms with Crippen molar-refractivity contribution in [3.63, 3.8) is 0 Å². The Hall–Kier alpha value is -2.10. The van der Waals surface area contributed by atoms with E-state index >= 15 is 0 Å². The van der Waals surface area contributed by atoms with Gasteiger partial charge in [-0.2, -0.15) is 0 Å². The molecule has 0 bridgehead atoms. The maximum absolute atomic E-state index is 6.25. The molecule has 2 aromatic carbocycles. The monoisotopic (exact) mass is 407 g/mol. The van der Waals surface area contributed by atoms with Crippen LogP contribution in [0, 0.1) is 0 Å². The van der Waals surface area contributed by atoms with Gasteiger partial charge in [0.1, 0.15) is 0 Å². The molecule has 0 aliphatic carbocycles. The van der Waals surface area contributed by atoms with E-state index in [2.05, 4.69) is 68.4 Å². The molecule has 4 rings (SSSR count). The highest BCUT2D eigenvalue weighted by molar-refractivity contribution is 6.31. The van der Waals surface area contributed by atoms with Gasteiger partial charge in [0, 0.05) is 46.0 Å². The van der Waals surface area contributed by atoms with E-state index in [-0.39, 0.29) is 5.41 Å². The second-order valence-corrected chi connectivity index (χ2v) is 9.28. The van der Waals surface area contributed by atoms with Crippen LogP contribution < -0.4 is 0 Å². The minimum atomic E-state index is 0.113. The summed E-state index contributed by atoms with van der Waals surface area (Å²) in [6.07, 6.45) is 2.02. The molecule has 3 nitrogen and oxygen atoms in total. The number of rotatable bonds is 5. The van der Waals surface area contributed by atoms with E-state index in [1.165, 1.54) is 32.8 Å². The number of hydrogen-bond acceptors (Lipinski definition) is 2. The second kappa shape index (κ2) is 7.62. The summed E-state index contributed by atoms with van der Waals surface area (Å²) < 4.78 is 2.48. The van der Waals surface area contributed by atoms with E-state index < -0.39 is 0 Å². The molecule has 0 spiro atoms. The Kier molecular flexibility index (Phi) is 5.30. The van der Waals surface area contributed by atoms with Gasteiger partial charge in [0.15, 0.2) is 0 Å². The molecule has 152 valence electrons. The van der Waals surface area contributed by atoms with E-state index in [0.29, 0.717) is 0 Å². The molecule has 0 saturated carbocycles. The summed E-state index contributed by atoms with van der Waals surface area (Å²) in [5.41, 5.74) is 4.96. The summed E-state index contributed by atoms with van der Waals surface area (Å²) in [5, 5.41) is 4.40. The minimum Gasteiger partial charge on any atom is -0.339 e. The number of pyridine rings is 1. The van der Waals surface area contributed by atoms with Gasteiger partial charge in [0.2, 0.25) is 0 Å². The van der Waals surface area contributed by atoms with Crippen LogP contribution in [-0.4, -0.2) is 34.1 Å². The van der Waals surface area contributed by atoms with Crippen LogP contribution in [0.4, 0.5) is 0 Å². The number of nitrogens with zero attached hydrogens (tertiary/aromatic N) is 3. The van der Waals surface area contributed by atoms with Gasteiger partial charge in [-0.3, -0.25) is 4.98 Å². The van der Waals surface area contributed by atoms with E-state index in [1.807, 2.05) is 18.3 Å². The van der Waals surface area contributed by atoms with E-state index in [1.54, 1.807) is 0 Å². The van der Waals surface area contributed by atoms with Crippen LogP contribution in [0.2, 0.25) is 5.02 Å². The molecule has 0 amide bonds. The van der Waals surface area contributed by atoms with Crippen LogP contribution in [0.1, 0.15) is 40.2 Å². The number of halogens is 1. The lowest BCUT2D eigenvalue weighted by molar-refractivity contribution is 0.293. The quantitative estimate of drug-likeness (QED) is 0.370. The first-order valence-electron chi connectivity index (χ1n) is 10.6. The lowest BCUT2D eigenvalue weighted by atomic mass is 9.86. The Balaban J connectivity index is 2.02. The van der Waals surface area contributed by atoms with Gasteiger partial charge in [-0.25, -0.2) is 0 Å². The molecule has 2 aromatic heterocycles. The highest BCUT2D eigenvalue weighted by atomic mass is 35.5. The van der Waals surface area contributed by atoms with Gasteiger partial charge >= 0.3 is 0 Å². The maximum Gasteiger partial charge on any atom is 0.0738 e. The summed E-state index contributed by atoms with van der Waals surface area (Å²) in [5.74, 6) is 0. The number of likely N-dealkylation sites (N-methyl/N-ethyl adjacent to an activating group) is 1. The topological polar surface area (TPSA) is 21.1 Å². The number of fused-ring (bicyclic) bond motifs is 5. The summed E-state index contributed by atoms with van der Waals surface area (Å²) in [6, 6.07) is 13.0. The zero-order chi connectivity index (χ0) is 20.8. The van der Waals surface area contributed by atoms with Gasteiger partial charge in [0.05, 0.1) is 11.0 Å². The third-order valence-corrected chi connectivity index (χ3v) is 6.29. The fraction of sp³-hybridized carbons (Fsp3) is 0.400. The third kappa shape index (κ3) is 3.62. The van der Waals surface area contributed by atoms with Crippen molar-refractivity contribution < 1.29 is 0 Å². The molecule has 0 saturated heterocycles. The van der Waals surface area contributed by atoms with Crippen LogP contribution in [0.5, 0.6) is 0 Å². The lowest BCUT2D eigenvalue weighted by Gasteiger charge is -2.20. The van der Waals surface area contributed by atoms with Gasteiger partial charge in [0.25, 0.3) is 0 Å². The predicted molar refractivity (Wildman–Crippen MR) is 126 cm³/mol. The molecule has 0 atom stereocenters. The summed E-state index contributed by atoms with van der Waals surface area (Å²) in [4.78, 5) is 7.22. The van der Waals surface area contributed by atoms with E-state index in [9.17, 15) is 0 Å². The molecule has 0 unspecified atom stereocenters. The molecule has 0 aliphatic rings. The molecule has 4 aromatic rings. The Labute approximate surface area is 178 Å². The second-order valence-electron chi connectivity index (χ2n) is 8.84. The van der Waals surface area contributed by atoms with Gasteiger partial charge in [-0.1, -0.05) is 52.3 Å². The van der Waals surface area contributed by atoms with Crippen LogP contribution in [0.25, 0.3) is 32.7 Å². The molecular weight excluding hydrogens is 378 g/mol. The number of aromatic nitrogens is 2. The van der Waals surface area contributed by atoms with Gasteiger partial charge in [-0.05, 0) is 54.4 Å². The predicted octanol–water partition coefficient (Wildman–Crippen LogP) is 6.64. The Morgan fingerprint density at radius 3 is 2.41 bits per heavy atom. The molecule has 0 radical (unpaired) electrons. The van der Waals surface area contributed by atoms with Crippen molar-refractivity contribution in [1.29, 1.82) is 0 Å². The van der Waals surface area contributed by atoms with Gasteiger partial charge in [-0.15, -0.1) is 0 Å². The Morgan fingerprint density at radius 1 is 0.966 bits per heavy atom. The normalized spacial score (nSPS) is 12.7. The largest absolute Gasteiger partial charge is 0.339 e. The fourth-order valence-electron chi connectivity index (χ4n) is 4.23. The van der Waals surface area contributed by atoms with Crippen molar-refractivity contribution in [1.82, 2.24) is 14.5 Å². The smallest absolute Gasteiger partial charge is 0.0738 e. The standard InChI is InChI=1S/C25H30ClN3/c1-6-28(7-2)12-13-29-23-11-8-17(25(3,4)5)14-20(23)21-16-27-22-15-18(26)9-10-19(22)24(21)29/h8-11,14-16H,6-7,12-13H2,1-5H3. The molecule has 0 aliphatic heterocycles. The molecule has 29 heavy (non-hydrogen) atoms. The van der Waals surface area contributed by atoms with Crippen LogP contribution >= 0.6 is 11.6 Å². The SMILES string of the molecule is CCN(CC)CCn1c2ccc(C(C)(C)C)cc2c2cnc3cc(Cl)ccc3c21. The molecular formula is C25H30ClN3. The minimum absolute atomic E-state index is 0.113. The summed E-state index contributed by atoms with van der Waals surface area (Å²) in [7, 11) is 0. The van der Waals surface area contributed by atoms with Crippen molar-refractivity contribution >= 4 is 44.3 Å². The first-order valence-corrected chi connectivity index (χ1v) is 10.9. The molecule has 4 heteroatoms. The first-order chi connectivity index (χ1) is 13.8. The summed E-state index contributed by atoms with van der Waals surface area (Å²) >= 11 is 6.25. The van der Waals surface area contributed by atoms with E-state index in [0.717, 1.165) is 36.7 Å². The van der Waals surface area contributed by atoms with Crippen molar-refractivity contribution in [3.05, 3.63) is 53.2 Å². The van der Waals surface area contributed by atoms with Crippen LogP contribution in [-0.2, 0) is 12.0 Å². The number of hydrogen-bond donors (Lipinski definition) is 0. The Morgan fingerprint density at radius 2 is 1.72 bits per heavy atom. The van der Waals surface area contributed by atoms with Crippen LogP contribution in [0.3, 0.4) is 0 Å². The molecule has 0 N–H and O–H groups in total. The van der Waals surface area contributed by atoms with Crippen molar-refractivity contribution in [3.8, 4) is 0 Å². The average molecular weight is 408 g/mol. The molecule has 2 heterocycles. The average Bonchev–Trinajstić information content (AvgIpc) is 3.01. The third-order valence-electron chi connectivity index (χ3n) is 6.05. The number of benzene rings is 2. The van der Waals surface area contributed by atoms with Crippen molar-refractivity contribution in [2.45, 2.75) is 46.6 Å². The lowest BCUT2D eigenvalue weighted by Crippen LogP contribution is -2.27. The first kappa shape index (κ1) is 20.2.